The number of ether oxygens (including phenoxy) is 1. The first-order valence-electron chi connectivity index (χ1n) is 5.97. The molecule has 0 aromatic carbocycles. The Labute approximate surface area is 112 Å². The summed E-state index contributed by atoms with van der Waals surface area (Å²) in [5.74, 6) is -0.793. The monoisotopic (exact) mass is 277 g/mol. The highest BCUT2D eigenvalue weighted by molar-refractivity contribution is 6.18. The van der Waals surface area contributed by atoms with Crippen LogP contribution in [0.4, 0.5) is 0 Å². The van der Waals surface area contributed by atoms with E-state index in [0.717, 1.165) is 0 Å². The van der Waals surface area contributed by atoms with Crippen molar-refractivity contribution in [2.75, 3.05) is 19.0 Å². The van der Waals surface area contributed by atoms with Gasteiger partial charge in [-0.15, -0.1) is 11.6 Å². The van der Waals surface area contributed by atoms with Crippen LogP contribution in [0.3, 0.4) is 0 Å². The van der Waals surface area contributed by atoms with Crippen LogP contribution in [0.1, 0.15) is 27.2 Å². The number of nitrogens with zero attached hydrogens (tertiary/aromatic N) is 1. The molecule has 0 aromatic rings. The number of carboxylic acids is 1. The van der Waals surface area contributed by atoms with Crippen LogP contribution in [0.15, 0.2) is 0 Å². The van der Waals surface area contributed by atoms with Gasteiger partial charge < -0.3 is 14.7 Å². The van der Waals surface area contributed by atoms with Crippen molar-refractivity contribution in [3.8, 4) is 0 Å². The molecule has 5 nitrogen and oxygen atoms in total. The lowest BCUT2D eigenvalue weighted by atomic mass is 10.1. The van der Waals surface area contributed by atoms with E-state index in [1.54, 1.807) is 0 Å². The fraction of sp³-hybridized carbons (Fsp3) is 0.833. The molecule has 0 aliphatic carbocycles. The topological polar surface area (TPSA) is 66.8 Å². The minimum Gasteiger partial charge on any atom is -0.480 e. The number of likely N-dealkylation sites (tertiary alicyclic amines) is 1. The first-order valence-corrected chi connectivity index (χ1v) is 6.50. The van der Waals surface area contributed by atoms with Crippen LogP contribution < -0.4 is 0 Å². The summed E-state index contributed by atoms with van der Waals surface area (Å²) in [6.45, 7) is 5.93. The minimum atomic E-state index is -1.04. The van der Waals surface area contributed by atoms with Crippen molar-refractivity contribution in [1.29, 1.82) is 0 Å². The molecule has 18 heavy (non-hydrogen) atoms. The Balaban J connectivity index is 2.68. The summed E-state index contributed by atoms with van der Waals surface area (Å²) in [6.07, 6.45) is 0.322. The molecule has 0 saturated carbocycles. The van der Waals surface area contributed by atoms with Crippen molar-refractivity contribution >= 4 is 23.5 Å². The van der Waals surface area contributed by atoms with Crippen LogP contribution in [-0.2, 0) is 14.3 Å². The number of aliphatic carboxylic acids is 1. The van der Waals surface area contributed by atoms with E-state index in [9.17, 15) is 14.7 Å². The number of amides is 1. The molecular weight excluding hydrogens is 258 g/mol. The average molecular weight is 278 g/mol. The first-order chi connectivity index (χ1) is 8.24. The van der Waals surface area contributed by atoms with Gasteiger partial charge in [0.2, 0.25) is 5.91 Å². The molecule has 2 atom stereocenters. The molecule has 1 saturated heterocycles. The summed E-state index contributed by atoms with van der Waals surface area (Å²) in [5, 5.41) is 9.20. The zero-order valence-corrected chi connectivity index (χ0v) is 11.7. The number of halogens is 1. The molecule has 0 bridgehead atoms. The average Bonchev–Trinajstić information content (AvgIpc) is 2.58. The van der Waals surface area contributed by atoms with Gasteiger partial charge in [0.1, 0.15) is 0 Å². The summed E-state index contributed by atoms with van der Waals surface area (Å²) < 4.78 is 5.47. The molecule has 0 radical (unpaired) electrons. The van der Waals surface area contributed by atoms with Crippen molar-refractivity contribution < 1.29 is 19.4 Å². The highest BCUT2D eigenvalue weighted by Crippen LogP contribution is 2.22. The molecular formula is C12H20ClNO4. The lowest BCUT2D eigenvalue weighted by Gasteiger charge is -2.28. The first kappa shape index (κ1) is 15.2. The number of rotatable bonds is 5. The lowest BCUT2D eigenvalue weighted by Crippen LogP contribution is -2.46. The van der Waals surface area contributed by atoms with Gasteiger partial charge >= 0.3 is 5.97 Å². The highest BCUT2D eigenvalue weighted by atomic mass is 35.5. The van der Waals surface area contributed by atoms with Crippen LogP contribution in [0.25, 0.3) is 0 Å². The summed E-state index contributed by atoms with van der Waals surface area (Å²) in [4.78, 5) is 24.4. The number of hydrogen-bond donors (Lipinski definition) is 1. The van der Waals surface area contributed by atoms with Gasteiger partial charge in [-0.2, -0.15) is 0 Å². The van der Waals surface area contributed by atoms with E-state index in [-0.39, 0.29) is 18.4 Å². The SMILES string of the molecule is CC(C)(C)OC[C@@H](C(=O)O)N1CC(CCl)CC1=O. The van der Waals surface area contributed by atoms with Crippen molar-refractivity contribution in [2.45, 2.75) is 38.8 Å². The maximum atomic E-state index is 11.8. The van der Waals surface area contributed by atoms with Gasteiger partial charge in [0.25, 0.3) is 0 Å². The van der Waals surface area contributed by atoms with Gasteiger partial charge in [0.05, 0.1) is 12.2 Å². The standard InChI is InChI=1S/C12H20ClNO4/c1-12(2,3)18-7-9(11(16)17)14-6-8(5-13)4-10(14)15/h8-9H,4-7H2,1-3H3,(H,16,17)/t8?,9-/m0/s1. The van der Waals surface area contributed by atoms with Crippen LogP contribution in [0.2, 0.25) is 0 Å². The Morgan fingerprint density at radius 1 is 1.61 bits per heavy atom. The second kappa shape index (κ2) is 5.89. The van der Waals surface area contributed by atoms with Crippen molar-refractivity contribution in [1.82, 2.24) is 4.90 Å². The molecule has 1 fully saturated rings. The van der Waals surface area contributed by atoms with E-state index in [1.165, 1.54) is 4.90 Å². The Bertz CT molecular complexity index is 327. The van der Waals surface area contributed by atoms with Crippen LogP contribution in [-0.4, -0.2) is 52.6 Å². The van der Waals surface area contributed by atoms with Crippen LogP contribution >= 0.6 is 11.6 Å². The summed E-state index contributed by atoms with van der Waals surface area (Å²) >= 11 is 5.71. The summed E-state index contributed by atoms with van der Waals surface area (Å²) in [6, 6.07) is -0.926. The number of carbonyl (C=O) groups is 2. The second-order valence-corrected chi connectivity index (χ2v) is 5.86. The van der Waals surface area contributed by atoms with E-state index in [0.29, 0.717) is 18.8 Å². The summed E-state index contributed by atoms with van der Waals surface area (Å²) in [5.41, 5.74) is -0.428. The smallest absolute Gasteiger partial charge is 0.328 e. The molecule has 1 amide bonds. The van der Waals surface area contributed by atoms with Crippen LogP contribution in [0.5, 0.6) is 0 Å². The largest absolute Gasteiger partial charge is 0.480 e. The second-order valence-electron chi connectivity index (χ2n) is 5.55. The molecule has 1 rings (SSSR count). The summed E-state index contributed by atoms with van der Waals surface area (Å²) in [7, 11) is 0. The van der Waals surface area contributed by atoms with Crippen molar-refractivity contribution in [3.05, 3.63) is 0 Å². The predicted molar refractivity (Wildman–Crippen MR) is 67.7 cm³/mol. The van der Waals surface area contributed by atoms with E-state index in [1.807, 2.05) is 20.8 Å². The van der Waals surface area contributed by atoms with Gasteiger partial charge in [0, 0.05) is 18.8 Å². The van der Waals surface area contributed by atoms with E-state index in [4.69, 9.17) is 16.3 Å². The zero-order valence-electron chi connectivity index (χ0n) is 11.0. The van der Waals surface area contributed by atoms with Gasteiger partial charge in [-0.05, 0) is 26.7 Å². The zero-order chi connectivity index (χ0) is 13.9. The molecule has 0 aromatic heterocycles. The molecule has 1 N–H and O–H groups in total. The lowest BCUT2D eigenvalue weighted by molar-refractivity contribution is -0.153. The fourth-order valence-electron chi connectivity index (χ4n) is 1.84. The molecule has 1 heterocycles. The van der Waals surface area contributed by atoms with Crippen molar-refractivity contribution in [2.24, 2.45) is 5.92 Å². The number of carbonyl (C=O) groups excluding carboxylic acids is 1. The Morgan fingerprint density at radius 2 is 2.22 bits per heavy atom. The molecule has 1 aliphatic rings. The fourth-order valence-corrected chi connectivity index (χ4v) is 2.04. The van der Waals surface area contributed by atoms with E-state index in [2.05, 4.69) is 0 Å². The van der Waals surface area contributed by atoms with Crippen LogP contribution in [0, 0.1) is 5.92 Å². The highest BCUT2D eigenvalue weighted by Gasteiger charge is 2.38. The van der Waals surface area contributed by atoms with E-state index >= 15 is 0 Å². The normalized spacial score (nSPS) is 22.3. The Kier molecular flexibility index (Phi) is 4.99. The quantitative estimate of drug-likeness (QED) is 0.770. The predicted octanol–water partition coefficient (Wildman–Crippen LogP) is 1.34. The number of hydrogen-bond acceptors (Lipinski definition) is 3. The van der Waals surface area contributed by atoms with Gasteiger partial charge in [-0.3, -0.25) is 4.79 Å². The number of alkyl halides is 1. The van der Waals surface area contributed by atoms with Gasteiger partial charge in [-0.1, -0.05) is 0 Å². The minimum absolute atomic E-state index is 0.000418. The van der Waals surface area contributed by atoms with Gasteiger partial charge in [-0.25, -0.2) is 4.79 Å². The third-order valence-electron chi connectivity index (χ3n) is 2.79. The molecule has 6 heteroatoms. The Morgan fingerprint density at radius 3 is 2.61 bits per heavy atom. The van der Waals surface area contributed by atoms with E-state index < -0.39 is 17.6 Å². The Hall–Kier alpha value is -0.810. The number of carboxylic acid groups (broad SMARTS) is 1. The molecule has 104 valence electrons. The molecule has 0 spiro atoms. The molecule has 1 unspecified atom stereocenters. The molecule has 1 aliphatic heterocycles. The van der Waals surface area contributed by atoms with Crippen molar-refractivity contribution in [3.63, 3.8) is 0 Å². The van der Waals surface area contributed by atoms with Gasteiger partial charge in [0.15, 0.2) is 6.04 Å². The maximum absolute atomic E-state index is 11.8. The maximum Gasteiger partial charge on any atom is 0.328 e. The third kappa shape index (κ3) is 4.14. The third-order valence-corrected chi connectivity index (χ3v) is 3.23.